The fourth-order valence-corrected chi connectivity index (χ4v) is 3.52. The Kier molecular flexibility index (Phi) is 5.53. The first-order valence-electron chi connectivity index (χ1n) is 8.04. The number of aromatic nitrogens is 2. The summed E-state index contributed by atoms with van der Waals surface area (Å²) in [7, 11) is 1.36. The van der Waals surface area contributed by atoms with E-state index in [2.05, 4.69) is 11.6 Å². The highest BCUT2D eigenvalue weighted by Gasteiger charge is 2.11. The van der Waals surface area contributed by atoms with Crippen molar-refractivity contribution in [2.45, 2.75) is 17.5 Å². The van der Waals surface area contributed by atoms with Gasteiger partial charge in [-0.2, -0.15) is 0 Å². The average Bonchev–Trinajstić information content (AvgIpc) is 2.68. The molecule has 0 aliphatic rings. The van der Waals surface area contributed by atoms with E-state index in [1.165, 1.54) is 18.9 Å². The van der Waals surface area contributed by atoms with Crippen molar-refractivity contribution in [3.05, 3.63) is 82.7 Å². The molecule has 0 fully saturated rings. The van der Waals surface area contributed by atoms with Gasteiger partial charge in [0.2, 0.25) is 0 Å². The van der Waals surface area contributed by atoms with Gasteiger partial charge in [0.05, 0.1) is 23.6 Å². The number of rotatable bonds is 6. The van der Waals surface area contributed by atoms with Gasteiger partial charge in [-0.05, 0) is 29.8 Å². The first-order valence-corrected chi connectivity index (χ1v) is 9.03. The van der Waals surface area contributed by atoms with Crippen LogP contribution in [0, 0.1) is 0 Å². The van der Waals surface area contributed by atoms with Gasteiger partial charge in [-0.3, -0.25) is 9.36 Å². The Morgan fingerprint density at radius 3 is 2.65 bits per heavy atom. The molecule has 0 bridgehead atoms. The largest absolute Gasteiger partial charge is 0.465 e. The zero-order chi connectivity index (χ0) is 18.5. The van der Waals surface area contributed by atoms with E-state index >= 15 is 0 Å². The zero-order valence-electron chi connectivity index (χ0n) is 14.3. The molecule has 2 aromatic carbocycles. The summed E-state index contributed by atoms with van der Waals surface area (Å²) >= 11 is 1.48. The lowest BCUT2D eigenvalue weighted by atomic mass is 10.1. The first kappa shape index (κ1) is 17.9. The molecule has 0 saturated carbocycles. The minimum atomic E-state index is -0.361. The van der Waals surface area contributed by atoms with Gasteiger partial charge in [0.1, 0.15) is 0 Å². The highest BCUT2D eigenvalue weighted by Crippen LogP contribution is 2.22. The van der Waals surface area contributed by atoms with Crippen molar-refractivity contribution in [2.24, 2.45) is 0 Å². The van der Waals surface area contributed by atoms with Gasteiger partial charge in [0.25, 0.3) is 5.56 Å². The number of para-hydroxylation sites is 1. The molecule has 1 aromatic heterocycles. The molecule has 1 heterocycles. The van der Waals surface area contributed by atoms with E-state index in [1.54, 1.807) is 28.8 Å². The third-order valence-electron chi connectivity index (χ3n) is 3.88. The number of methoxy groups -OCH3 is 1. The van der Waals surface area contributed by atoms with Crippen molar-refractivity contribution in [3.63, 3.8) is 0 Å². The van der Waals surface area contributed by atoms with Crippen LogP contribution in [0.1, 0.15) is 15.9 Å². The van der Waals surface area contributed by atoms with Crippen molar-refractivity contribution in [2.75, 3.05) is 7.11 Å². The van der Waals surface area contributed by atoms with Crippen LogP contribution in [0.15, 0.2) is 71.1 Å². The van der Waals surface area contributed by atoms with Crippen LogP contribution >= 0.6 is 11.8 Å². The summed E-state index contributed by atoms with van der Waals surface area (Å²) < 4.78 is 6.33. The van der Waals surface area contributed by atoms with Crippen LogP contribution in [0.5, 0.6) is 0 Å². The number of ether oxygens (including phenoxy) is 1. The predicted octanol–water partition coefficient (Wildman–Crippen LogP) is 3.66. The summed E-state index contributed by atoms with van der Waals surface area (Å²) in [6.45, 7) is 4.13. The van der Waals surface area contributed by atoms with Gasteiger partial charge in [0.15, 0.2) is 5.16 Å². The van der Waals surface area contributed by atoms with Crippen molar-refractivity contribution in [1.29, 1.82) is 0 Å². The molecular weight excluding hydrogens is 348 g/mol. The molecule has 0 unspecified atom stereocenters. The number of thioether (sulfide) groups is 1. The Balaban J connectivity index is 1.88. The molecule has 0 spiro atoms. The van der Waals surface area contributed by atoms with Gasteiger partial charge >= 0.3 is 5.97 Å². The quantitative estimate of drug-likeness (QED) is 0.288. The number of nitrogens with zero attached hydrogens (tertiary/aromatic N) is 2. The second kappa shape index (κ2) is 8.01. The Bertz CT molecular complexity index is 1010. The molecule has 0 radical (unpaired) electrons. The van der Waals surface area contributed by atoms with Crippen molar-refractivity contribution in [1.82, 2.24) is 9.55 Å². The third-order valence-corrected chi connectivity index (χ3v) is 4.93. The molecular formula is C20H18N2O3S. The van der Waals surface area contributed by atoms with Crippen molar-refractivity contribution < 1.29 is 9.53 Å². The molecule has 26 heavy (non-hydrogen) atoms. The van der Waals surface area contributed by atoms with Crippen LogP contribution in [0.2, 0.25) is 0 Å². The lowest BCUT2D eigenvalue weighted by Crippen LogP contribution is -2.22. The number of hydrogen-bond donors (Lipinski definition) is 0. The second-order valence-corrected chi connectivity index (χ2v) is 6.54. The van der Waals surface area contributed by atoms with Crippen LogP contribution in [0.3, 0.4) is 0 Å². The molecule has 0 aliphatic carbocycles. The highest BCUT2D eigenvalue weighted by atomic mass is 32.2. The van der Waals surface area contributed by atoms with Crippen LogP contribution in [0.25, 0.3) is 10.9 Å². The monoisotopic (exact) mass is 366 g/mol. The van der Waals surface area contributed by atoms with E-state index in [9.17, 15) is 9.59 Å². The van der Waals surface area contributed by atoms with Gasteiger partial charge in [-0.1, -0.05) is 42.1 Å². The summed E-state index contributed by atoms with van der Waals surface area (Å²) in [6, 6.07) is 14.5. The first-order chi connectivity index (χ1) is 12.6. The highest BCUT2D eigenvalue weighted by molar-refractivity contribution is 7.98. The fourth-order valence-electron chi connectivity index (χ4n) is 2.55. The second-order valence-electron chi connectivity index (χ2n) is 5.59. The molecule has 5 nitrogen and oxygen atoms in total. The van der Waals surface area contributed by atoms with Crippen LogP contribution in [-0.2, 0) is 17.0 Å². The van der Waals surface area contributed by atoms with Crippen LogP contribution < -0.4 is 5.56 Å². The fraction of sp³-hybridized carbons (Fsp3) is 0.150. The van der Waals surface area contributed by atoms with E-state index in [1.807, 2.05) is 30.3 Å². The Labute approximate surface area is 155 Å². The third kappa shape index (κ3) is 3.70. The smallest absolute Gasteiger partial charge is 0.337 e. The van der Waals surface area contributed by atoms with Gasteiger partial charge in [-0.15, -0.1) is 6.58 Å². The number of carbonyl (C=O) groups is 1. The van der Waals surface area contributed by atoms with Crippen molar-refractivity contribution >= 4 is 28.6 Å². The molecule has 0 amide bonds. The number of carbonyl (C=O) groups excluding carboxylic acids is 1. The van der Waals surface area contributed by atoms with Gasteiger partial charge < -0.3 is 4.74 Å². The number of benzene rings is 2. The maximum absolute atomic E-state index is 12.7. The SMILES string of the molecule is C=CCn1c(SCc2ccc(C(=O)OC)cc2)nc2ccccc2c1=O. The van der Waals surface area contributed by atoms with Crippen LogP contribution in [0.4, 0.5) is 0 Å². The molecule has 132 valence electrons. The van der Waals surface area contributed by atoms with E-state index in [0.29, 0.717) is 33.9 Å². The zero-order valence-corrected chi connectivity index (χ0v) is 15.2. The van der Waals surface area contributed by atoms with E-state index < -0.39 is 0 Å². The normalized spacial score (nSPS) is 10.7. The molecule has 6 heteroatoms. The van der Waals surface area contributed by atoms with Gasteiger partial charge in [-0.25, -0.2) is 9.78 Å². The summed E-state index contributed by atoms with van der Waals surface area (Å²) in [5, 5.41) is 1.24. The Hall–Kier alpha value is -2.86. The number of fused-ring (bicyclic) bond motifs is 1. The lowest BCUT2D eigenvalue weighted by molar-refractivity contribution is 0.0600. The molecule has 3 aromatic rings. The maximum Gasteiger partial charge on any atom is 0.337 e. The number of esters is 1. The Morgan fingerprint density at radius 1 is 1.23 bits per heavy atom. The van der Waals surface area contributed by atoms with Crippen LogP contribution in [-0.4, -0.2) is 22.6 Å². The number of hydrogen-bond acceptors (Lipinski definition) is 5. The standard InChI is InChI=1S/C20H18N2O3S/c1-3-12-22-18(23)16-6-4-5-7-17(16)21-20(22)26-13-14-8-10-15(11-9-14)19(24)25-2/h3-11H,1,12-13H2,2H3. The maximum atomic E-state index is 12.7. The molecule has 0 N–H and O–H groups in total. The summed E-state index contributed by atoms with van der Waals surface area (Å²) in [4.78, 5) is 28.8. The molecule has 3 rings (SSSR count). The van der Waals surface area contributed by atoms with E-state index in [-0.39, 0.29) is 11.5 Å². The van der Waals surface area contributed by atoms with Gasteiger partial charge in [0, 0.05) is 12.3 Å². The summed E-state index contributed by atoms with van der Waals surface area (Å²) in [5.41, 5.74) is 2.14. The molecule has 0 aliphatic heterocycles. The van der Waals surface area contributed by atoms with E-state index in [0.717, 1.165) is 5.56 Å². The predicted molar refractivity (Wildman–Crippen MR) is 104 cm³/mol. The summed E-state index contributed by atoms with van der Waals surface area (Å²) in [5.74, 6) is 0.267. The van der Waals surface area contributed by atoms with Crippen molar-refractivity contribution in [3.8, 4) is 0 Å². The van der Waals surface area contributed by atoms with E-state index in [4.69, 9.17) is 4.74 Å². The minimum Gasteiger partial charge on any atom is -0.465 e. The lowest BCUT2D eigenvalue weighted by Gasteiger charge is -2.11. The summed E-state index contributed by atoms with van der Waals surface area (Å²) in [6.07, 6.45) is 1.69. The molecule has 0 saturated heterocycles. The Morgan fingerprint density at radius 2 is 1.96 bits per heavy atom. The number of allylic oxidation sites excluding steroid dienone is 1. The average molecular weight is 366 g/mol. The molecule has 0 atom stereocenters. The minimum absolute atomic E-state index is 0.0703. The topological polar surface area (TPSA) is 61.2 Å².